The number of nitriles is 1. The number of nitrogens with one attached hydrogen (secondary N) is 2. The van der Waals surface area contributed by atoms with Crippen LogP contribution < -0.4 is 15.5 Å². The smallest absolute Gasteiger partial charge is 0.267 e. The van der Waals surface area contributed by atoms with Crippen LogP contribution in [0.5, 0.6) is 0 Å². The average molecular weight is 441 g/mol. The molecule has 3 heterocycles. The molecule has 0 atom stereocenters. The van der Waals surface area contributed by atoms with E-state index in [-0.39, 0.29) is 11.5 Å². The van der Waals surface area contributed by atoms with Crippen LogP contribution in [0.1, 0.15) is 39.4 Å². The van der Waals surface area contributed by atoms with Crippen LogP contribution >= 0.6 is 11.3 Å². The molecule has 0 spiro atoms. The normalized spacial score (nSPS) is 16.4. The summed E-state index contributed by atoms with van der Waals surface area (Å²) in [5.41, 5.74) is 1.44. The predicted octanol–water partition coefficient (Wildman–Crippen LogP) is 2.96. The van der Waals surface area contributed by atoms with Crippen molar-refractivity contribution < 1.29 is 18.7 Å². The van der Waals surface area contributed by atoms with Crippen molar-refractivity contribution in [3.8, 4) is 6.07 Å². The summed E-state index contributed by atoms with van der Waals surface area (Å²) in [6.45, 7) is 2.73. The molecule has 0 aromatic carbocycles. The van der Waals surface area contributed by atoms with Gasteiger partial charge >= 0.3 is 0 Å². The third-order valence-corrected chi connectivity index (χ3v) is 6.65. The largest absolute Gasteiger partial charge is 0.441 e. The van der Waals surface area contributed by atoms with Gasteiger partial charge in [0.15, 0.2) is 5.88 Å². The van der Waals surface area contributed by atoms with Gasteiger partial charge in [0.05, 0.1) is 18.8 Å². The van der Waals surface area contributed by atoms with Crippen LogP contribution in [0.3, 0.4) is 0 Å². The summed E-state index contributed by atoms with van der Waals surface area (Å²) >= 11 is 1.42. The molecular weight excluding hydrogens is 416 g/mol. The molecule has 1 saturated heterocycles. The number of furan rings is 1. The minimum Gasteiger partial charge on any atom is -0.441 e. The molecule has 2 aliphatic rings. The first-order valence-corrected chi connectivity index (χ1v) is 11.1. The second-order valence-electron chi connectivity index (χ2n) is 7.39. The standard InChI is InChI=1S/C22H24N4O4S/c1-24-21(28)19-16-4-2-3-5-17(16)31-22(19)25-20(27)14(13-23)12-15-6-7-18(30-15)26-8-10-29-11-9-26/h6-7,12H,2-5,8-11H2,1H3,(H,24,28)(H,25,27)/b14-12-. The average Bonchev–Trinajstić information content (AvgIpc) is 3.41. The van der Waals surface area contributed by atoms with Crippen molar-refractivity contribution in [1.29, 1.82) is 5.26 Å². The number of rotatable bonds is 5. The highest BCUT2D eigenvalue weighted by atomic mass is 32.1. The highest BCUT2D eigenvalue weighted by Crippen LogP contribution is 2.38. The van der Waals surface area contributed by atoms with Crippen molar-refractivity contribution in [2.24, 2.45) is 0 Å². The Morgan fingerprint density at radius 1 is 1.23 bits per heavy atom. The Morgan fingerprint density at radius 2 is 2.00 bits per heavy atom. The topological polar surface area (TPSA) is 108 Å². The van der Waals surface area contributed by atoms with Crippen LogP contribution in [-0.2, 0) is 22.4 Å². The zero-order valence-corrected chi connectivity index (χ0v) is 18.1. The fourth-order valence-corrected chi connectivity index (χ4v) is 5.14. The van der Waals surface area contributed by atoms with Gasteiger partial charge in [-0.3, -0.25) is 9.59 Å². The second kappa shape index (κ2) is 9.37. The minimum absolute atomic E-state index is 0.0860. The third kappa shape index (κ3) is 4.50. The van der Waals surface area contributed by atoms with E-state index in [1.807, 2.05) is 12.1 Å². The number of carbonyl (C=O) groups is 2. The van der Waals surface area contributed by atoms with Crippen LogP contribution in [0, 0.1) is 11.3 Å². The number of fused-ring (bicyclic) bond motifs is 1. The quantitative estimate of drug-likeness (QED) is 0.547. The van der Waals surface area contributed by atoms with Crippen molar-refractivity contribution in [2.45, 2.75) is 25.7 Å². The molecule has 1 aliphatic carbocycles. The van der Waals surface area contributed by atoms with E-state index < -0.39 is 5.91 Å². The van der Waals surface area contributed by atoms with Crippen molar-refractivity contribution in [3.05, 3.63) is 39.5 Å². The summed E-state index contributed by atoms with van der Waals surface area (Å²) < 4.78 is 11.1. The molecule has 1 fully saturated rings. The van der Waals surface area contributed by atoms with Gasteiger partial charge < -0.3 is 24.7 Å². The molecule has 0 bridgehead atoms. The maximum Gasteiger partial charge on any atom is 0.267 e. The van der Waals surface area contributed by atoms with Crippen molar-refractivity contribution >= 4 is 40.1 Å². The van der Waals surface area contributed by atoms with Gasteiger partial charge in [-0.1, -0.05) is 0 Å². The van der Waals surface area contributed by atoms with Gasteiger partial charge in [-0.2, -0.15) is 5.26 Å². The maximum atomic E-state index is 12.8. The first-order valence-electron chi connectivity index (χ1n) is 10.3. The number of hydrogen-bond donors (Lipinski definition) is 2. The molecule has 0 radical (unpaired) electrons. The number of nitrogens with zero attached hydrogens (tertiary/aromatic N) is 2. The van der Waals surface area contributed by atoms with E-state index in [9.17, 15) is 14.9 Å². The zero-order chi connectivity index (χ0) is 21.8. The summed E-state index contributed by atoms with van der Waals surface area (Å²) in [6, 6.07) is 5.50. The number of aryl methyl sites for hydroxylation is 1. The lowest BCUT2D eigenvalue weighted by molar-refractivity contribution is -0.112. The van der Waals surface area contributed by atoms with E-state index in [1.165, 1.54) is 17.4 Å². The Labute approximate surface area is 184 Å². The molecule has 9 heteroatoms. The number of hydrogen-bond acceptors (Lipinski definition) is 7. The fraction of sp³-hybridized carbons (Fsp3) is 0.409. The summed E-state index contributed by atoms with van der Waals surface area (Å²) in [6.07, 6.45) is 5.24. The monoisotopic (exact) mass is 440 g/mol. The van der Waals surface area contributed by atoms with Crippen LogP contribution in [0.2, 0.25) is 0 Å². The van der Waals surface area contributed by atoms with Crippen molar-refractivity contribution in [1.82, 2.24) is 5.32 Å². The van der Waals surface area contributed by atoms with E-state index in [0.29, 0.717) is 35.4 Å². The van der Waals surface area contributed by atoms with Gasteiger partial charge in [0.1, 0.15) is 22.4 Å². The number of morpholine rings is 1. The van der Waals surface area contributed by atoms with Crippen molar-refractivity contribution in [3.63, 3.8) is 0 Å². The number of thiophene rings is 1. The zero-order valence-electron chi connectivity index (χ0n) is 17.3. The second-order valence-corrected chi connectivity index (χ2v) is 8.50. The van der Waals surface area contributed by atoms with Crippen molar-refractivity contribution in [2.75, 3.05) is 43.6 Å². The maximum absolute atomic E-state index is 12.8. The fourth-order valence-electron chi connectivity index (χ4n) is 3.85. The summed E-state index contributed by atoms with van der Waals surface area (Å²) in [5, 5.41) is 15.5. The SMILES string of the molecule is CNC(=O)c1c(NC(=O)/C(C#N)=C\c2ccc(N3CCOCC3)o2)sc2c1CCCC2. The Kier molecular flexibility index (Phi) is 6.39. The molecule has 0 unspecified atom stereocenters. The van der Waals surface area contributed by atoms with Gasteiger partial charge in [0, 0.05) is 37.2 Å². The summed E-state index contributed by atoms with van der Waals surface area (Å²) in [5.74, 6) is 0.319. The number of amides is 2. The van der Waals surface area contributed by atoms with Crippen LogP contribution in [-0.4, -0.2) is 45.2 Å². The van der Waals surface area contributed by atoms with Gasteiger partial charge in [-0.05, 0) is 37.3 Å². The van der Waals surface area contributed by atoms with Crippen LogP contribution in [0.4, 0.5) is 10.9 Å². The summed E-state index contributed by atoms with van der Waals surface area (Å²) in [4.78, 5) is 28.5. The third-order valence-electron chi connectivity index (χ3n) is 5.44. The number of carbonyl (C=O) groups excluding carboxylic acids is 2. The molecule has 8 nitrogen and oxygen atoms in total. The lowest BCUT2D eigenvalue weighted by atomic mass is 9.95. The molecular formula is C22H24N4O4S. The van der Waals surface area contributed by atoms with Crippen LogP contribution in [0.15, 0.2) is 22.1 Å². The Morgan fingerprint density at radius 3 is 2.74 bits per heavy atom. The molecule has 4 rings (SSSR count). The highest BCUT2D eigenvalue weighted by molar-refractivity contribution is 7.17. The number of anilines is 2. The molecule has 1 aliphatic heterocycles. The Bertz CT molecular complexity index is 1060. The molecule has 0 saturated carbocycles. The van der Waals surface area contributed by atoms with E-state index >= 15 is 0 Å². The Balaban J connectivity index is 1.55. The van der Waals surface area contributed by atoms with Crippen LogP contribution in [0.25, 0.3) is 6.08 Å². The van der Waals surface area contributed by atoms with Gasteiger partial charge in [-0.25, -0.2) is 0 Å². The van der Waals surface area contributed by atoms with Gasteiger partial charge in [0.25, 0.3) is 11.8 Å². The minimum atomic E-state index is -0.560. The molecule has 2 aromatic rings. The molecule has 2 amide bonds. The first kappa shape index (κ1) is 21.2. The lowest BCUT2D eigenvalue weighted by Gasteiger charge is -2.26. The summed E-state index contributed by atoms with van der Waals surface area (Å²) in [7, 11) is 1.57. The van der Waals surface area contributed by atoms with Gasteiger partial charge in [-0.15, -0.1) is 11.3 Å². The molecule has 31 heavy (non-hydrogen) atoms. The lowest BCUT2D eigenvalue weighted by Crippen LogP contribution is -2.35. The van der Waals surface area contributed by atoms with E-state index in [0.717, 1.165) is 49.2 Å². The molecule has 2 aromatic heterocycles. The molecule has 162 valence electrons. The predicted molar refractivity (Wildman–Crippen MR) is 118 cm³/mol. The highest BCUT2D eigenvalue weighted by Gasteiger charge is 2.26. The van der Waals surface area contributed by atoms with E-state index in [1.54, 1.807) is 13.1 Å². The first-order chi connectivity index (χ1) is 15.1. The van der Waals surface area contributed by atoms with E-state index in [2.05, 4.69) is 15.5 Å². The Hall–Kier alpha value is -3.09. The molecule has 2 N–H and O–H groups in total. The van der Waals surface area contributed by atoms with Gasteiger partial charge in [0.2, 0.25) is 0 Å². The van der Waals surface area contributed by atoms with E-state index in [4.69, 9.17) is 9.15 Å². The number of ether oxygens (including phenoxy) is 1.